The SMILES string of the molecule is COc1c(C)c(OC(=O)C2=C(C)[C@@]3(C)OC(=O)O[C@]34Oc3c(C)c(OC)c(C(=O)O)c(C)c3C[C@@]4(C)C2=O)c(C)c(C)c1C(=O)O. The quantitative estimate of drug-likeness (QED) is 0.252. The summed E-state index contributed by atoms with van der Waals surface area (Å²) >= 11 is 0. The number of Topliss-reactive ketones (excluding diaryl/α,β-unsaturated/α-hetero) is 1. The molecule has 3 atom stereocenters. The van der Waals surface area contributed by atoms with Crippen LogP contribution in [0, 0.1) is 40.0 Å². The Morgan fingerprint density at radius 3 is 1.80 bits per heavy atom. The number of ketones is 1. The van der Waals surface area contributed by atoms with Gasteiger partial charge in [0.1, 0.15) is 45.1 Å². The van der Waals surface area contributed by atoms with Gasteiger partial charge in [0.25, 0.3) is 0 Å². The van der Waals surface area contributed by atoms with Crippen LogP contribution in [0.2, 0.25) is 0 Å². The number of carboxylic acids is 2. The molecule has 0 bridgehead atoms. The zero-order chi connectivity index (χ0) is 34.4. The molecule has 13 heteroatoms. The van der Waals surface area contributed by atoms with E-state index in [1.807, 2.05) is 0 Å². The Hall–Kier alpha value is -5.07. The Morgan fingerprint density at radius 2 is 1.26 bits per heavy atom. The number of hydrogen-bond acceptors (Lipinski definition) is 11. The average Bonchev–Trinajstić information content (AvgIpc) is 3.25. The molecule has 0 amide bonds. The van der Waals surface area contributed by atoms with Crippen molar-refractivity contribution >= 4 is 29.8 Å². The first kappa shape index (κ1) is 32.3. The van der Waals surface area contributed by atoms with E-state index in [4.69, 9.17) is 28.4 Å². The van der Waals surface area contributed by atoms with Crippen molar-refractivity contribution in [2.45, 2.75) is 73.2 Å². The molecule has 0 unspecified atom stereocenters. The molecule has 1 fully saturated rings. The minimum absolute atomic E-state index is 0.000774. The first-order valence-corrected chi connectivity index (χ1v) is 14.3. The van der Waals surface area contributed by atoms with E-state index in [0.29, 0.717) is 22.3 Å². The molecule has 0 saturated carbocycles. The van der Waals surface area contributed by atoms with Gasteiger partial charge in [-0.05, 0) is 89.6 Å². The summed E-state index contributed by atoms with van der Waals surface area (Å²) in [5.41, 5.74) is -2.52. The highest BCUT2D eigenvalue weighted by atomic mass is 16.9. The van der Waals surface area contributed by atoms with Crippen LogP contribution in [0.4, 0.5) is 4.79 Å². The van der Waals surface area contributed by atoms with E-state index in [1.54, 1.807) is 27.7 Å². The molecule has 0 radical (unpaired) electrons. The molecule has 2 aromatic rings. The molecular weight excluding hydrogens is 604 g/mol. The van der Waals surface area contributed by atoms with Crippen molar-refractivity contribution in [2.75, 3.05) is 14.2 Å². The summed E-state index contributed by atoms with van der Waals surface area (Å²) in [5.74, 6) is -6.27. The van der Waals surface area contributed by atoms with Gasteiger partial charge in [-0.2, -0.15) is 0 Å². The fourth-order valence-corrected chi connectivity index (χ4v) is 7.22. The van der Waals surface area contributed by atoms with Gasteiger partial charge < -0.3 is 38.6 Å². The van der Waals surface area contributed by atoms with Crippen LogP contribution in [-0.4, -0.2) is 65.7 Å². The summed E-state index contributed by atoms with van der Waals surface area (Å²) in [6.45, 7) is 12.1. The highest BCUT2D eigenvalue weighted by molar-refractivity contribution is 6.22. The third-order valence-electron chi connectivity index (χ3n) is 9.90. The van der Waals surface area contributed by atoms with Crippen LogP contribution in [0.1, 0.15) is 74.9 Å². The molecule has 5 rings (SSSR count). The van der Waals surface area contributed by atoms with Crippen molar-refractivity contribution in [2.24, 2.45) is 5.41 Å². The zero-order valence-electron chi connectivity index (χ0n) is 27.1. The van der Waals surface area contributed by atoms with E-state index in [-0.39, 0.29) is 57.2 Å². The highest BCUT2D eigenvalue weighted by Crippen LogP contribution is 2.63. The van der Waals surface area contributed by atoms with Gasteiger partial charge in [-0.3, -0.25) is 4.79 Å². The predicted molar refractivity (Wildman–Crippen MR) is 158 cm³/mol. The van der Waals surface area contributed by atoms with E-state index in [0.717, 1.165) is 0 Å². The van der Waals surface area contributed by atoms with Crippen LogP contribution in [0.25, 0.3) is 0 Å². The Labute approximate surface area is 264 Å². The van der Waals surface area contributed by atoms with Crippen molar-refractivity contribution in [3.63, 3.8) is 0 Å². The second-order valence-electron chi connectivity index (χ2n) is 12.1. The lowest BCUT2D eigenvalue weighted by Gasteiger charge is -2.54. The summed E-state index contributed by atoms with van der Waals surface area (Å²) in [6.07, 6.45) is -1.34. The number of carbonyl (C=O) groups excluding carboxylic acids is 3. The second kappa shape index (κ2) is 10.2. The number of ether oxygens (including phenoxy) is 6. The molecule has 46 heavy (non-hydrogen) atoms. The normalized spacial score (nSPS) is 24.6. The molecule has 2 aromatic carbocycles. The Kier molecular flexibility index (Phi) is 7.19. The Morgan fingerprint density at radius 1 is 0.717 bits per heavy atom. The minimum atomic E-state index is -2.10. The maximum Gasteiger partial charge on any atom is 0.512 e. The third kappa shape index (κ3) is 3.83. The van der Waals surface area contributed by atoms with Crippen molar-refractivity contribution in [1.82, 2.24) is 0 Å². The molecule has 1 saturated heterocycles. The maximum atomic E-state index is 14.6. The van der Waals surface area contributed by atoms with Crippen LogP contribution in [0.3, 0.4) is 0 Å². The van der Waals surface area contributed by atoms with E-state index < -0.39 is 52.2 Å². The predicted octanol–water partition coefficient (Wildman–Crippen LogP) is 4.71. The van der Waals surface area contributed by atoms with Gasteiger partial charge in [-0.1, -0.05) is 0 Å². The number of methoxy groups -OCH3 is 2. The minimum Gasteiger partial charge on any atom is -0.495 e. The second-order valence-corrected chi connectivity index (χ2v) is 12.1. The number of fused-ring (bicyclic) bond motifs is 1. The maximum absolute atomic E-state index is 14.6. The summed E-state index contributed by atoms with van der Waals surface area (Å²) < 4.78 is 34.6. The first-order valence-electron chi connectivity index (χ1n) is 14.3. The number of hydrogen-bond donors (Lipinski definition) is 2. The molecule has 2 heterocycles. The van der Waals surface area contributed by atoms with Crippen LogP contribution in [0.15, 0.2) is 11.1 Å². The van der Waals surface area contributed by atoms with E-state index in [1.165, 1.54) is 41.9 Å². The topological polar surface area (TPSA) is 181 Å². The number of esters is 1. The molecule has 2 N–H and O–H groups in total. The van der Waals surface area contributed by atoms with Gasteiger partial charge in [0.2, 0.25) is 5.60 Å². The fraction of sp³-hybridized carbons (Fsp3) is 0.424. The lowest BCUT2D eigenvalue weighted by Crippen LogP contribution is -2.72. The molecule has 3 aliphatic rings. The number of benzene rings is 2. The molecule has 244 valence electrons. The van der Waals surface area contributed by atoms with Crippen LogP contribution in [0.5, 0.6) is 23.0 Å². The fourth-order valence-electron chi connectivity index (χ4n) is 7.22. The van der Waals surface area contributed by atoms with Gasteiger partial charge in [0.05, 0.1) is 14.2 Å². The smallest absolute Gasteiger partial charge is 0.495 e. The molecule has 13 nitrogen and oxygen atoms in total. The molecular formula is C33H34O13. The van der Waals surface area contributed by atoms with Crippen molar-refractivity contribution in [1.29, 1.82) is 0 Å². The van der Waals surface area contributed by atoms with Crippen LogP contribution >= 0.6 is 0 Å². The van der Waals surface area contributed by atoms with Crippen LogP contribution in [-0.2, 0) is 25.5 Å². The third-order valence-corrected chi connectivity index (χ3v) is 9.90. The van der Waals surface area contributed by atoms with E-state index >= 15 is 0 Å². The molecule has 0 aromatic heterocycles. The lowest BCUT2D eigenvalue weighted by molar-refractivity contribution is -0.244. The van der Waals surface area contributed by atoms with E-state index in [2.05, 4.69) is 0 Å². The Bertz CT molecular complexity index is 1850. The summed E-state index contributed by atoms with van der Waals surface area (Å²) in [7, 11) is 2.61. The summed E-state index contributed by atoms with van der Waals surface area (Å²) in [5, 5.41) is 19.8. The van der Waals surface area contributed by atoms with Gasteiger partial charge in [0, 0.05) is 11.1 Å². The molecule has 1 spiro atoms. The van der Waals surface area contributed by atoms with Gasteiger partial charge in [-0.15, -0.1) is 0 Å². The van der Waals surface area contributed by atoms with E-state index in [9.17, 15) is 34.2 Å². The monoisotopic (exact) mass is 638 g/mol. The lowest BCUT2D eigenvalue weighted by atomic mass is 9.57. The largest absolute Gasteiger partial charge is 0.512 e. The van der Waals surface area contributed by atoms with Gasteiger partial charge in [-0.25, -0.2) is 19.2 Å². The highest BCUT2D eigenvalue weighted by Gasteiger charge is 2.79. The van der Waals surface area contributed by atoms with Crippen molar-refractivity contribution < 1.29 is 62.6 Å². The average molecular weight is 639 g/mol. The van der Waals surface area contributed by atoms with Crippen LogP contribution < -0.4 is 18.9 Å². The van der Waals surface area contributed by atoms with Gasteiger partial charge >= 0.3 is 29.9 Å². The number of carbonyl (C=O) groups is 5. The Balaban J connectivity index is 1.72. The number of rotatable bonds is 6. The summed E-state index contributed by atoms with van der Waals surface area (Å²) in [4.78, 5) is 65.9. The molecule has 1 aliphatic carbocycles. The first-order chi connectivity index (χ1) is 21.3. The van der Waals surface area contributed by atoms with Gasteiger partial charge in [0.15, 0.2) is 5.78 Å². The standard InChI is InChI=1S/C33H34O13/c1-12-13(2)22(15(4)24(41-9)19(12)27(35)36)43-29(39)21-17(6)32(8)33(46-30(40)45-32)31(7,26(21)34)11-18-14(3)20(28(37)38)25(42-10)16(5)23(18)44-33/h11H2,1-10H3,(H,35,36)(H,37,38)/t31-,32+,33-/m0/s1. The summed E-state index contributed by atoms with van der Waals surface area (Å²) in [6, 6.07) is 0. The molecule has 2 aliphatic heterocycles. The van der Waals surface area contributed by atoms with Crippen molar-refractivity contribution in [3.05, 3.63) is 55.7 Å². The zero-order valence-corrected chi connectivity index (χ0v) is 27.1. The number of aromatic carboxylic acids is 2. The number of carboxylic acid groups (broad SMARTS) is 2. The van der Waals surface area contributed by atoms with Crippen molar-refractivity contribution in [3.8, 4) is 23.0 Å².